The molecule has 1 aromatic carbocycles. The van der Waals surface area contributed by atoms with Crippen LogP contribution in [0.25, 0.3) is 0 Å². The summed E-state index contributed by atoms with van der Waals surface area (Å²) in [6.45, 7) is -1.95. The maximum Gasteiger partial charge on any atom is 0.387 e. The van der Waals surface area contributed by atoms with Crippen LogP contribution in [-0.4, -0.2) is 24.2 Å². The predicted octanol–water partition coefficient (Wildman–Crippen LogP) is 1.32. The summed E-state index contributed by atoms with van der Waals surface area (Å²) in [6.07, 6.45) is 1.42. The van der Waals surface area contributed by atoms with Gasteiger partial charge in [0.2, 0.25) is 0 Å². The molecule has 1 aliphatic rings. The molecule has 1 N–H and O–H groups in total. The van der Waals surface area contributed by atoms with Crippen LogP contribution in [0.15, 0.2) is 35.4 Å². The number of benzene rings is 1. The molecule has 0 saturated heterocycles. The van der Waals surface area contributed by atoms with Crippen molar-refractivity contribution in [3.05, 3.63) is 41.7 Å². The average molecular weight is 315 g/mol. The third-order valence-electron chi connectivity index (χ3n) is 3.04. The summed E-state index contributed by atoms with van der Waals surface area (Å²) in [6, 6.07) is 4.95. The highest BCUT2D eigenvalue weighted by molar-refractivity contribution is 7.89. The van der Waals surface area contributed by atoms with Crippen molar-refractivity contribution in [1.82, 2.24) is 14.5 Å². The summed E-state index contributed by atoms with van der Waals surface area (Å²) in [5.74, 6) is -0.215. The molecule has 1 aromatic heterocycles. The van der Waals surface area contributed by atoms with Crippen molar-refractivity contribution in [2.24, 2.45) is 0 Å². The van der Waals surface area contributed by atoms with Gasteiger partial charge in [0.05, 0.1) is 10.6 Å². The van der Waals surface area contributed by atoms with E-state index >= 15 is 0 Å². The van der Waals surface area contributed by atoms with Crippen molar-refractivity contribution in [3.63, 3.8) is 0 Å². The topological polar surface area (TPSA) is 73.2 Å². The largest absolute Gasteiger partial charge is 0.435 e. The summed E-state index contributed by atoms with van der Waals surface area (Å²) in [7, 11) is -3.92. The smallest absolute Gasteiger partial charge is 0.387 e. The molecule has 0 bridgehead atoms. The van der Waals surface area contributed by atoms with Crippen molar-refractivity contribution in [2.75, 3.05) is 0 Å². The van der Waals surface area contributed by atoms with Crippen LogP contribution in [-0.2, 0) is 23.1 Å². The van der Waals surface area contributed by atoms with Gasteiger partial charge in [-0.25, -0.2) is 0 Å². The number of nitrogens with one attached hydrogen (secondary N) is 1. The zero-order valence-corrected chi connectivity index (χ0v) is 11.5. The molecule has 0 radical (unpaired) electrons. The molecule has 1 aliphatic heterocycles. The van der Waals surface area contributed by atoms with Crippen molar-refractivity contribution >= 4 is 10.0 Å². The molecule has 0 amide bonds. The van der Waals surface area contributed by atoms with Crippen molar-refractivity contribution in [3.8, 4) is 5.75 Å². The van der Waals surface area contributed by atoms with E-state index in [1.165, 1.54) is 24.4 Å². The second-order valence-electron chi connectivity index (χ2n) is 4.44. The lowest BCUT2D eigenvalue weighted by Crippen LogP contribution is -2.15. The number of ether oxygens (including phenoxy) is 1. The molecule has 0 fully saturated rings. The van der Waals surface area contributed by atoms with Crippen LogP contribution in [0.5, 0.6) is 5.75 Å². The van der Waals surface area contributed by atoms with Gasteiger partial charge in [-0.05, 0) is 12.1 Å². The Hall–Kier alpha value is -2.00. The third kappa shape index (κ3) is 2.61. The van der Waals surface area contributed by atoms with E-state index in [0.29, 0.717) is 18.8 Å². The fourth-order valence-electron chi connectivity index (χ4n) is 2.07. The van der Waals surface area contributed by atoms with Gasteiger partial charge >= 0.3 is 6.61 Å². The number of rotatable bonds is 4. The van der Waals surface area contributed by atoms with Crippen LogP contribution in [0.3, 0.4) is 0 Å². The van der Waals surface area contributed by atoms with E-state index in [1.807, 2.05) is 0 Å². The highest BCUT2D eigenvalue weighted by atomic mass is 32.2. The van der Waals surface area contributed by atoms with Gasteiger partial charge in [0.1, 0.15) is 5.75 Å². The molecule has 2 heterocycles. The van der Waals surface area contributed by atoms with Gasteiger partial charge in [-0.3, -0.25) is 0 Å². The first-order valence-corrected chi connectivity index (χ1v) is 7.49. The van der Waals surface area contributed by atoms with E-state index in [2.05, 4.69) is 15.2 Å². The summed E-state index contributed by atoms with van der Waals surface area (Å²) in [5, 5.41) is 7.05. The summed E-state index contributed by atoms with van der Waals surface area (Å²) < 4.78 is 54.3. The molecule has 21 heavy (non-hydrogen) atoms. The Morgan fingerprint density at radius 2 is 2.14 bits per heavy atom. The fraction of sp³-hybridized carbons (Fsp3) is 0.250. The predicted molar refractivity (Wildman–Crippen MR) is 68.4 cm³/mol. The normalized spacial score (nSPS) is 14.4. The Labute approximate surface area is 119 Å². The van der Waals surface area contributed by atoms with Crippen LogP contribution in [0.2, 0.25) is 0 Å². The van der Waals surface area contributed by atoms with E-state index in [-0.39, 0.29) is 10.6 Å². The molecule has 0 spiro atoms. The standard InChI is InChI=1S/C12H11F2N3O3S/c13-12(14)20-9-2-1-3-10(4-9)21(18,19)17-7-8-5-15-6-11(8)16-17/h1-4,7,12,15H,5-6H2. The number of hydrogen-bond donors (Lipinski definition) is 1. The maximum absolute atomic E-state index is 12.4. The van der Waals surface area contributed by atoms with E-state index in [4.69, 9.17) is 0 Å². The SMILES string of the molecule is O=S(=O)(c1cccc(OC(F)F)c1)n1cc2c(n1)CNC2. The molecule has 0 saturated carbocycles. The minimum absolute atomic E-state index is 0.158. The minimum atomic E-state index is -3.92. The van der Waals surface area contributed by atoms with Crippen LogP contribution < -0.4 is 10.1 Å². The highest BCUT2D eigenvalue weighted by Crippen LogP contribution is 2.22. The average Bonchev–Trinajstić information content (AvgIpc) is 2.99. The van der Waals surface area contributed by atoms with E-state index < -0.39 is 16.6 Å². The third-order valence-corrected chi connectivity index (χ3v) is 4.57. The Bertz CT molecular complexity index is 752. The van der Waals surface area contributed by atoms with Gasteiger partial charge < -0.3 is 10.1 Å². The first-order valence-electron chi connectivity index (χ1n) is 6.05. The number of halogens is 2. The Kier molecular flexibility index (Phi) is 3.38. The minimum Gasteiger partial charge on any atom is -0.435 e. The first kappa shape index (κ1) is 14.0. The number of fused-ring (bicyclic) bond motifs is 1. The monoisotopic (exact) mass is 315 g/mol. The van der Waals surface area contributed by atoms with E-state index in [0.717, 1.165) is 15.7 Å². The number of nitrogens with zero attached hydrogens (tertiary/aromatic N) is 2. The van der Waals surface area contributed by atoms with Crippen molar-refractivity contribution in [2.45, 2.75) is 24.6 Å². The van der Waals surface area contributed by atoms with Crippen molar-refractivity contribution in [1.29, 1.82) is 0 Å². The Morgan fingerprint density at radius 3 is 2.86 bits per heavy atom. The molecule has 6 nitrogen and oxygen atoms in total. The van der Waals surface area contributed by atoms with Gasteiger partial charge in [-0.2, -0.15) is 26.4 Å². The van der Waals surface area contributed by atoms with Gasteiger partial charge in [0.25, 0.3) is 10.0 Å². The number of aromatic nitrogens is 2. The lowest BCUT2D eigenvalue weighted by molar-refractivity contribution is -0.0499. The Morgan fingerprint density at radius 1 is 1.33 bits per heavy atom. The summed E-state index contributed by atoms with van der Waals surface area (Å²) in [5.41, 5.74) is 1.47. The summed E-state index contributed by atoms with van der Waals surface area (Å²) >= 11 is 0. The molecule has 2 aromatic rings. The lowest BCUT2D eigenvalue weighted by Gasteiger charge is -2.08. The van der Waals surface area contributed by atoms with Crippen LogP contribution >= 0.6 is 0 Å². The quantitative estimate of drug-likeness (QED) is 0.921. The second-order valence-corrected chi connectivity index (χ2v) is 6.23. The zero-order chi connectivity index (χ0) is 15.0. The fourth-order valence-corrected chi connectivity index (χ4v) is 3.28. The lowest BCUT2D eigenvalue weighted by atomic mass is 10.3. The molecule has 0 aliphatic carbocycles. The van der Waals surface area contributed by atoms with Crippen LogP contribution in [0.1, 0.15) is 11.3 Å². The van der Waals surface area contributed by atoms with Crippen molar-refractivity contribution < 1.29 is 21.9 Å². The molecular formula is C12H11F2N3O3S. The van der Waals surface area contributed by atoms with Gasteiger partial charge in [0, 0.05) is 30.9 Å². The van der Waals surface area contributed by atoms with Gasteiger partial charge in [-0.15, -0.1) is 0 Å². The molecular weight excluding hydrogens is 304 g/mol. The van der Waals surface area contributed by atoms with E-state index in [1.54, 1.807) is 0 Å². The maximum atomic E-state index is 12.4. The van der Waals surface area contributed by atoms with Crippen LogP contribution in [0, 0.1) is 0 Å². The zero-order valence-electron chi connectivity index (χ0n) is 10.7. The molecule has 3 rings (SSSR count). The molecule has 112 valence electrons. The molecule has 0 atom stereocenters. The highest BCUT2D eigenvalue weighted by Gasteiger charge is 2.23. The second kappa shape index (κ2) is 5.08. The molecule has 0 unspecified atom stereocenters. The summed E-state index contributed by atoms with van der Waals surface area (Å²) in [4.78, 5) is -0.158. The van der Waals surface area contributed by atoms with Crippen LogP contribution in [0.4, 0.5) is 8.78 Å². The number of alkyl halides is 2. The van der Waals surface area contributed by atoms with Gasteiger partial charge in [0.15, 0.2) is 0 Å². The number of hydrogen-bond acceptors (Lipinski definition) is 5. The Balaban J connectivity index is 1.97. The van der Waals surface area contributed by atoms with Gasteiger partial charge in [-0.1, -0.05) is 6.07 Å². The van der Waals surface area contributed by atoms with E-state index in [9.17, 15) is 17.2 Å². The first-order chi connectivity index (χ1) is 9.96. The molecule has 9 heteroatoms.